The van der Waals surface area contributed by atoms with Gasteiger partial charge in [0.15, 0.2) is 6.29 Å². The maximum atomic E-state index is 11.3. The van der Waals surface area contributed by atoms with Crippen LogP contribution in [0.2, 0.25) is 0 Å². The van der Waals surface area contributed by atoms with Crippen molar-refractivity contribution in [2.45, 2.75) is 40.2 Å². The second-order valence-corrected chi connectivity index (χ2v) is 5.68. The lowest BCUT2D eigenvalue weighted by Crippen LogP contribution is -2.16. The number of hydrogen-bond acceptors (Lipinski definition) is 4. The molecule has 2 aromatic rings. The highest BCUT2D eigenvalue weighted by Crippen LogP contribution is 2.24. The van der Waals surface area contributed by atoms with Crippen molar-refractivity contribution < 1.29 is 4.79 Å². The minimum absolute atomic E-state index is 0.282. The molecule has 0 saturated heterocycles. The van der Waals surface area contributed by atoms with Gasteiger partial charge >= 0.3 is 0 Å². The zero-order valence-corrected chi connectivity index (χ0v) is 13.6. The van der Waals surface area contributed by atoms with E-state index in [2.05, 4.69) is 61.5 Å². The molecular weight excluding hydrogens is 274 g/mol. The van der Waals surface area contributed by atoms with Gasteiger partial charge < -0.3 is 10.6 Å². The van der Waals surface area contributed by atoms with Crippen LogP contribution in [-0.2, 0) is 0 Å². The van der Waals surface area contributed by atoms with Crippen LogP contribution in [0, 0.1) is 13.8 Å². The van der Waals surface area contributed by atoms with E-state index in [1.54, 1.807) is 6.20 Å². The lowest BCUT2D eigenvalue weighted by Gasteiger charge is -2.15. The van der Waals surface area contributed by atoms with Gasteiger partial charge in [0.1, 0.15) is 5.82 Å². The van der Waals surface area contributed by atoms with Gasteiger partial charge in [-0.25, -0.2) is 4.98 Å². The molecule has 4 heteroatoms. The largest absolute Gasteiger partial charge is 0.367 e. The zero-order chi connectivity index (χ0) is 16.1. The second kappa shape index (κ2) is 7.07. The Balaban J connectivity index is 2.26. The van der Waals surface area contributed by atoms with Crippen LogP contribution in [0.15, 0.2) is 30.5 Å². The average molecular weight is 297 g/mol. The van der Waals surface area contributed by atoms with Crippen molar-refractivity contribution >= 4 is 23.5 Å². The summed E-state index contributed by atoms with van der Waals surface area (Å²) >= 11 is 0. The number of nitrogens with one attached hydrogen (secondary N) is 2. The molecule has 0 aliphatic carbocycles. The molecule has 22 heavy (non-hydrogen) atoms. The van der Waals surface area contributed by atoms with Crippen molar-refractivity contribution in [1.29, 1.82) is 0 Å². The van der Waals surface area contributed by atoms with Crippen LogP contribution in [0.25, 0.3) is 0 Å². The molecule has 4 nitrogen and oxygen atoms in total. The summed E-state index contributed by atoms with van der Waals surface area (Å²) in [5.74, 6) is 0.635. The van der Waals surface area contributed by atoms with Crippen LogP contribution in [0.4, 0.5) is 17.2 Å². The van der Waals surface area contributed by atoms with Gasteiger partial charge in [-0.2, -0.15) is 0 Å². The molecule has 2 rings (SSSR count). The van der Waals surface area contributed by atoms with Crippen LogP contribution < -0.4 is 10.6 Å². The first-order valence-corrected chi connectivity index (χ1v) is 7.59. The molecule has 0 amide bonds. The topological polar surface area (TPSA) is 54.0 Å². The van der Waals surface area contributed by atoms with Crippen molar-refractivity contribution in [3.63, 3.8) is 0 Å². The van der Waals surface area contributed by atoms with Crippen molar-refractivity contribution in [3.8, 4) is 0 Å². The monoisotopic (exact) mass is 297 g/mol. The molecule has 2 N–H and O–H groups in total. The van der Waals surface area contributed by atoms with Gasteiger partial charge in [0.25, 0.3) is 0 Å². The standard InChI is InChI=1S/C18H23N3O/c1-5-14(4)20-18-15(11-22)9-16(10-19-18)21-17-8-12(2)6-7-13(17)3/h6-11,14,21H,5H2,1-4H3,(H,19,20). The number of hydrogen-bond donors (Lipinski definition) is 2. The fourth-order valence-corrected chi connectivity index (χ4v) is 2.12. The molecule has 116 valence electrons. The molecule has 0 fully saturated rings. The van der Waals surface area contributed by atoms with Gasteiger partial charge in [-0.05, 0) is 50.5 Å². The molecule has 0 aliphatic heterocycles. The summed E-state index contributed by atoms with van der Waals surface area (Å²) in [4.78, 5) is 15.7. The Morgan fingerprint density at radius 3 is 2.73 bits per heavy atom. The van der Waals surface area contributed by atoms with E-state index >= 15 is 0 Å². The first kappa shape index (κ1) is 16.0. The molecule has 1 atom stereocenters. The SMILES string of the molecule is CCC(C)Nc1ncc(Nc2cc(C)ccc2C)cc1C=O. The number of benzene rings is 1. The highest BCUT2D eigenvalue weighted by Gasteiger charge is 2.08. The number of carbonyl (C=O) groups excluding carboxylic acids is 1. The number of pyridine rings is 1. The van der Waals surface area contributed by atoms with E-state index in [-0.39, 0.29) is 6.04 Å². The quantitative estimate of drug-likeness (QED) is 0.773. The molecule has 0 aliphatic rings. The molecule has 0 bridgehead atoms. The number of rotatable bonds is 6. The predicted molar refractivity (Wildman–Crippen MR) is 92.2 cm³/mol. The first-order valence-electron chi connectivity index (χ1n) is 7.59. The summed E-state index contributed by atoms with van der Waals surface area (Å²) in [6.45, 7) is 8.26. The first-order chi connectivity index (χ1) is 10.5. The lowest BCUT2D eigenvalue weighted by atomic mass is 10.1. The van der Waals surface area contributed by atoms with Gasteiger partial charge in [-0.3, -0.25) is 4.79 Å². The number of aromatic nitrogens is 1. The third-order valence-electron chi connectivity index (χ3n) is 3.71. The third kappa shape index (κ3) is 3.85. The summed E-state index contributed by atoms with van der Waals surface area (Å²) in [6, 6.07) is 8.34. The highest BCUT2D eigenvalue weighted by molar-refractivity contribution is 5.85. The van der Waals surface area contributed by atoms with Crippen LogP contribution in [0.5, 0.6) is 0 Å². The summed E-state index contributed by atoms with van der Waals surface area (Å²) in [6.07, 6.45) is 3.56. The van der Waals surface area contributed by atoms with Crippen molar-refractivity contribution in [3.05, 3.63) is 47.2 Å². The van der Waals surface area contributed by atoms with E-state index in [0.717, 1.165) is 29.6 Å². The maximum Gasteiger partial charge on any atom is 0.153 e. The Morgan fingerprint density at radius 1 is 1.27 bits per heavy atom. The Bertz CT molecular complexity index is 667. The van der Waals surface area contributed by atoms with E-state index < -0.39 is 0 Å². The van der Waals surface area contributed by atoms with Gasteiger partial charge in [0.05, 0.1) is 17.4 Å². The fourth-order valence-electron chi connectivity index (χ4n) is 2.12. The molecule has 1 aromatic heterocycles. The van der Waals surface area contributed by atoms with E-state index in [1.807, 2.05) is 6.07 Å². The Labute approximate surface area is 132 Å². The Morgan fingerprint density at radius 2 is 2.05 bits per heavy atom. The van der Waals surface area contributed by atoms with Gasteiger partial charge in [0, 0.05) is 11.7 Å². The van der Waals surface area contributed by atoms with Crippen LogP contribution in [0.3, 0.4) is 0 Å². The molecule has 0 spiro atoms. The molecule has 1 heterocycles. The number of nitrogens with zero attached hydrogens (tertiary/aromatic N) is 1. The number of aryl methyl sites for hydroxylation is 2. The minimum Gasteiger partial charge on any atom is -0.367 e. The lowest BCUT2D eigenvalue weighted by molar-refractivity contribution is 0.112. The van der Waals surface area contributed by atoms with E-state index in [0.29, 0.717) is 11.4 Å². The van der Waals surface area contributed by atoms with Crippen molar-refractivity contribution in [2.75, 3.05) is 10.6 Å². The molecular formula is C18H23N3O. The Kier molecular flexibility index (Phi) is 5.15. The van der Waals surface area contributed by atoms with Crippen LogP contribution in [-0.4, -0.2) is 17.3 Å². The van der Waals surface area contributed by atoms with E-state index in [1.165, 1.54) is 5.56 Å². The van der Waals surface area contributed by atoms with E-state index in [9.17, 15) is 4.79 Å². The zero-order valence-electron chi connectivity index (χ0n) is 13.6. The highest BCUT2D eigenvalue weighted by atomic mass is 16.1. The maximum absolute atomic E-state index is 11.3. The van der Waals surface area contributed by atoms with Gasteiger partial charge in [-0.1, -0.05) is 19.1 Å². The predicted octanol–water partition coefficient (Wildman–Crippen LogP) is 4.46. The molecule has 0 saturated carbocycles. The fraction of sp³-hybridized carbons (Fsp3) is 0.333. The van der Waals surface area contributed by atoms with Crippen LogP contribution in [0.1, 0.15) is 41.8 Å². The number of anilines is 3. The summed E-state index contributed by atoms with van der Waals surface area (Å²) in [7, 11) is 0. The molecule has 1 aromatic carbocycles. The van der Waals surface area contributed by atoms with Crippen molar-refractivity contribution in [2.24, 2.45) is 0 Å². The second-order valence-electron chi connectivity index (χ2n) is 5.68. The number of carbonyl (C=O) groups is 1. The minimum atomic E-state index is 0.282. The van der Waals surface area contributed by atoms with E-state index in [4.69, 9.17) is 0 Å². The van der Waals surface area contributed by atoms with Crippen LogP contribution >= 0.6 is 0 Å². The van der Waals surface area contributed by atoms with Gasteiger partial charge in [-0.15, -0.1) is 0 Å². The molecule has 0 radical (unpaired) electrons. The summed E-state index contributed by atoms with van der Waals surface area (Å²) in [5.41, 5.74) is 4.74. The normalized spacial score (nSPS) is 11.8. The molecule has 1 unspecified atom stereocenters. The van der Waals surface area contributed by atoms with Crippen molar-refractivity contribution in [1.82, 2.24) is 4.98 Å². The Hall–Kier alpha value is -2.36. The summed E-state index contributed by atoms with van der Waals surface area (Å²) in [5, 5.41) is 6.59. The summed E-state index contributed by atoms with van der Waals surface area (Å²) < 4.78 is 0. The average Bonchev–Trinajstić information content (AvgIpc) is 2.52. The van der Waals surface area contributed by atoms with Gasteiger partial charge in [0.2, 0.25) is 0 Å². The third-order valence-corrected chi connectivity index (χ3v) is 3.71. The number of aldehydes is 1. The smallest absolute Gasteiger partial charge is 0.153 e.